The molecule has 1 fully saturated rings. The fourth-order valence-electron chi connectivity index (χ4n) is 5.49. The number of aryl methyl sites for hydroxylation is 2. The molecule has 3 aromatic rings. The van der Waals surface area contributed by atoms with Crippen molar-refractivity contribution in [3.8, 4) is 6.07 Å². The lowest BCUT2D eigenvalue weighted by Crippen LogP contribution is -2.42. The lowest BCUT2D eigenvalue weighted by molar-refractivity contribution is 0.214. The van der Waals surface area contributed by atoms with Gasteiger partial charge in [0.2, 0.25) is 0 Å². The summed E-state index contributed by atoms with van der Waals surface area (Å²) in [6.07, 6.45) is 6.45. The number of nitriles is 1. The van der Waals surface area contributed by atoms with Crippen molar-refractivity contribution in [1.29, 1.82) is 5.26 Å². The first kappa shape index (κ1) is 24.7. The summed E-state index contributed by atoms with van der Waals surface area (Å²) in [5.74, 6) is 0.688. The number of fused-ring (bicyclic) bond motifs is 1. The quantitative estimate of drug-likeness (QED) is 0.517. The third kappa shape index (κ3) is 5.18. The van der Waals surface area contributed by atoms with E-state index in [9.17, 15) is 10.1 Å². The largest absolute Gasteiger partial charge is 0.368 e. The van der Waals surface area contributed by atoms with E-state index in [0.29, 0.717) is 35.6 Å². The van der Waals surface area contributed by atoms with Crippen LogP contribution in [0.15, 0.2) is 35.3 Å². The van der Waals surface area contributed by atoms with Crippen molar-refractivity contribution in [2.75, 3.05) is 30.9 Å². The van der Waals surface area contributed by atoms with Crippen LogP contribution in [0.2, 0.25) is 0 Å². The van der Waals surface area contributed by atoms with Crippen LogP contribution < -0.4 is 15.8 Å². The molecule has 35 heavy (non-hydrogen) atoms. The second-order valence-electron chi connectivity index (χ2n) is 9.87. The summed E-state index contributed by atoms with van der Waals surface area (Å²) in [4.78, 5) is 24.8. The van der Waals surface area contributed by atoms with Crippen molar-refractivity contribution >= 4 is 22.3 Å². The van der Waals surface area contributed by atoms with E-state index in [-0.39, 0.29) is 5.56 Å². The van der Waals surface area contributed by atoms with Gasteiger partial charge in [0.05, 0.1) is 11.6 Å². The van der Waals surface area contributed by atoms with Crippen molar-refractivity contribution in [3.63, 3.8) is 0 Å². The molecular weight excluding hydrogens is 436 g/mol. The summed E-state index contributed by atoms with van der Waals surface area (Å²) < 4.78 is 0. The monoisotopic (exact) mass is 472 g/mol. The van der Waals surface area contributed by atoms with Crippen molar-refractivity contribution in [3.05, 3.63) is 63.2 Å². The normalized spacial score (nSPS) is 18.0. The maximum Gasteiger partial charge on any atom is 0.253 e. The van der Waals surface area contributed by atoms with Gasteiger partial charge in [0.25, 0.3) is 5.56 Å². The summed E-state index contributed by atoms with van der Waals surface area (Å²) in [5, 5.41) is 15.2. The van der Waals surface area contributed by atoms with E-state index in [1.54, 1.807) is 0 Å². The van der Waals surface area contributed by atoms with Gasteiger partial charge in [0.15, 0.2) is 0 Å². The zero-order valence-corrected chi connectivity index (χ0v) is 21.5. The number of rotatable bonds is 7. The van der Waals surface area contributed by atoms with E-state index in [2.05, 4.69) is 52.2 Å². The maximum atomic E-state index is 12.5. The minimum atomic E-state index is -0.0841. The van der Waals surface area contributed by atoms with Gasteiger partial charge in [0.1, 0.15) is 5.82 Å². The van der Waals surface area contributed by atoms with E-state index < -0.39 is 0 Å². The Bertz CT molecular complexity index is 1300. The van der Waals surface area contributed by atoms with E-state index in [4.69, 9.17) is 0 Å². The summed E-state index contributed by atoms with van der Waals surface area (Å²) in [6.45, 7) is 7.27. The second-order valence-corrected chi connectivity index (χ2v) is 9.87. The molecule has 0 atom stereocenters. The Morgan fingerprint density at radius 1 is 1.11 bits per heavy atom. The van der Waals surface area contributed by atoms with Crippen LogP contribution >= 0.6 is 0 Å². The minimum absolute atomic E-state index is 0.0841. The van der Waals surface area contributed by atoms with Crippen LogP contribution in [0.5, 0.6) is 0 Å². The predicted octanol–water partition coefficient (Wildman–Crippen LogP) is 4.72. The third-order valence-corrected chi connectivity index (χ3v) is 7.40. The zero-order chi connectivity index (χ0) is 25.1. The molecule has 0 radical (unpaired) electrons. The van der Waals surface area contributed by atoms with E-state index >= 15 is 0 Å². The number of hydrogen-bond donors (Lipinski definition) is 2. The second kappa shape index (κ2) is 10.5. The Morgan fingerprint density at radius 3 is 2.46 bits per heavy atom. The first-order chi connectivity index (χ1) is 16.8. The predicted molar refractivity (Wildman–Crippen MR) is 143 cm³/mol. The van der Waals surface area contributed by atoms with E-state index in [0.717, 1.165) is 47.1 Å². The molecule has 0 aliphatic heterocycles. The number of aromatic amines is 1. The average Bonchev–Trinajstić information content (AvgIpc) is 2.84. The van der Waals surface area contributed by atoms with Crippen molar-refractivity contribution in [1.82, 2.24) is 14.9 Å². The molecule has 1 saturated carbocycles. The average molecular weight is 473 g/mol. The van der Waals surface area contributed by atoms with Gasteiger partial charge in [-0.25, -0.2) is 4.98 Å². The fourth-order valence-corrected chi connectivity index (χ4v) is 5.49. The molecule has 4 rings (SSSR count). The molecule has 7 heteroatoms. The van der Waals surface area contributed by atoms with E-state index in [1.807, 2.05) is 44.3 Å². The standard InChI is InChI=1S/C28H36N6O/c1-6-34(22-9-7-21(8-10-22)33(4)5)26-15-20(16-29)14-24-23(26)11-12-30-27(24)31-17-25-18(2)13-19(3)32-28(25)35/h11-15,21-22H,6-10,17H2,1-5H3,(H,30,31)(H,32,35). The van der Waals surface area contributed by atoms with Gasteiger partial charge in [-0.3, -0.25) is 4.79 Å². The van der Waals surface area contributed by atoms with Crippen LogP contribution in [-0.2, 0) is 6.54 Å². The zero-order valence-electron chi connectivity index (χ0n) is 21.5. The summed E-state index contributed by atoms with van der Waals surface area (Å²) >= 11 is 0. The van der Waals surface area contributed by atoms with Gasteiger partial charge in [-0.2, -0.15) is 5.26 Å². The first-order valence-corrected chi connectivity index (χ1v) is 12.5. The van der Waals surface area contributed by atoms with Crippen molar-refractivity contribution in [2.45, 2.75) is 65.1 Å². The smallest absolute Gasteiger partial charge is 0.253 e. The van der Waals surface area contributed by atoms with Crippen LogP contribution in [0.3, 0.4) is 0 Å². The molecule has 1 aromatic carbocycles. The number of nitrogens with one attached hydrogen (secondary N) is 2. The molecule has 7 nitrogen and oxygen atoms in total. The third-order valence-electron chi connectivity index (χ3n) is 7.40. The minimum Gasteiger partial charge on any atom is -0.368 e. The molecule has 2 aromatic heterocycles. The van der Waals surface area contributed by atoms with Gasteiger partial charge in [0, 0.05) is 59.1 Å². The molecule has 0 amide bonds. The molecule has 2 heterocycles. The lowest BCUT2D eigenvalue weighted by atomic mass is 9.89. The summed E-state index contributed by atoms with van der Waals surface area (Å²) in [5.41, 5.74) is 4.11. The molecule has 1 aliphatic rings. The van der Waals surface area contributed by atoms with Crippen LogP contribution in [0.1, 0.15) is 55.0 Å². The van der Waals surface area contributed by atoms with Gasteiger partial charge >= 0.3 is 0 Å². The number of anilines is 2. The number of hydrogen-bond acceptors (Lipinski definition) is 6. The SMILES string of the molecule is CCN(c1cc(C#N)cc2c(NCc3c(C)cc(C)[nH]c3=O)nccc12)C1CCC(N(C)C)CC1. The van der Waals surface area contributed by atoms with Gasteiger partial charge < -0.3 is 20.1 Å². The van der Waals surface area contributed by atoms with Gasteiger partial charge in [-0.05, 0) is 90.4 Å². The van der Waals surface area contributed by atoms with Crippen LogP contribution in [0, 0.1) is 25.2 Å². The van der Waals surface area contributed by atoms with Crippen LogP contribution in [0.4, 0.5) is 11.5 Å². The number of aromatic nitrogens is 2. The molecule has 184 valence electrons. The number of H-pyrrole nitrogens is 1. The maximum absolute atomic E-state index is 12.5. The molecule has 0 unspecified atom stereocenters. The van der Waals surface area contributed by atoms with Crippen molar-refractivity contribution in [2.24, 2.45) is 0 Å². The number of pyridine rings is 2. The number of benzene rings is 1. The highest BCUT2D eigenvalue weighted by atomic mass is 16.1. The molecule has 2 N–H and O–H groups in total. The van der Waals surface area contributed by atoms with Crippen molar-refractivity contribution < 1.29 is 0 Å². The summed E-state index contributed by atoms with van der Waals surface area (Å²) in [6, 6.07) is 11.4. The molecule has 0 spiro atoms. The lowest BCUT2D eigenvalue weighted by Gasteiger charge is -2.40. The van der Waals surface area contributed by atoms with Gasteiger partial charge in [-0.15, -0.1) is 0 Å². The Hall–Kier alpha value is -3.37. The molecule has 0 saturated heterocycles. The Balaban J connectivity index is 1.69. The highest BCUT2D eigenvalue weighted by Crippen LogP contribution is 2.36. The fraction of sp³-hybridized carbons (Fsp3) is 0.464. The van der Waals surface area contributed by atoms with Gasteiger partial charge in [-0.1, -0.05) is 0 Å². The molecule has 0 bridgehead atoms. The number of nitrogens with zero attached hydrogens (tertiary/aromatic N) is 4. The molecule has 1 aliphatic carbocycles. The highest BCUT2D eigenvalue weighted by molar-refractivity contribution is 6.01. The van der Waals surface area contributed by atoms with E-state index in [1.165, 1.54) is 12.8 Å². The first-order valence-electron chi connectivity index (χ1n) is 12.5. The topological polar surface area (TPSA) is 88.0 Å². The van der Waals surface area contributed by atoms with Crippen LogP contribution in [-0.4, -0.2) is 47.6 Å². The Kier molecular flexibility index (Phi) is 7.42. The Morgan fingerprint density at radius 2 is 1.83 bits per heavy atom. The summed E-state index contributed by atoms with van der Waals surface area (Å²) in [7, 11) is 4.33. The molecular formula is C28H36N6O. The Labute approximate surface area is 207 Å². The highest BCUT2D eigenvalue weighted by Gasteiger charge is 2.27. The van der Waals surface area contributed by atoms with Crippen LogP contribution in [0.25, 0.3) is 10.8 Å².